The Labute approximate surface area is 108 Å². The average Bonchev–Trinajstić information content (AvgIpc) is 2.38. The minimum Gasteiger partial charge on any atom is -0.352 e. The molecule has 0 saturated heterocycles. The molecule has 100 valence electrons. The van der Waals surface area contributed by atoms with Crippen LogP contribution in [0.1, 0.15) is 55.2 Å². The van der Waals surface area contributed by atoms with Crippen LogP contribution in [0.4, 0.5) is 0 Å². The number of pyridine rings is 1. The number of carbonyl (C=O) groups is 1. The zero-order valence-electron chi connectivity index (χ0n) is 11.4. The van der Waals surface area contributed by atoms with Gasteiger partial charge in [0.25, 0.3) is 11.5 Å². The van der Waals surface area contributed by atoms with Crippen molar-refractivity contribution < 1.29 is 4.79 Å². The summed E-state index contributed by atoms with van der Waals surface area (Å²) in [5.74, 6) is -0.276. The minimum atomic E-state index is -0.293. The molecule has 1 heterocycles. The highest BCUT2D eigenvalue weighted by atomic mass is 16.2. The first-order valence-electron chi connectivity index (χ1n) is 6.67. The molecule has 0 spiro atoms. The van der Waals surface area contributed by atoms with Gasteiger partial charge in [0, 0.05) is 12.2 Å². The molecule has 4 nitrogen and oxygen atoms in total. The molecule has 18 heavy (non-hydrogen) atoms. The lowest BCUT2D eigenvalue weighted by atomic mass is 10.1. The number of H-pyrrole nitrogens is 1. The van der Waals surface area contributed by atoms with Crippen molar-refractivity contribution in [1.82, 2.24) is 10.3 Å². The van der Waals surface area contributed by atoms with Crippen molar-refractivity contribution in [2.24, 2.45) is 0 Å². The van der Waals surface area contributed by atoms with E-state index in [0.717, 1.165) is 36.9 Å². The Morgan fingerprint density at radius 3 is 2.56 bits per heavy atom. The number of aromatic nitrogens is 1. The van der Waals surface area contributed by atoms with Gasteiger partial charge in [0.1, 0.15) is 5.56 Å². The number of amides is 1. The molecule has 2 N–H and O–H groups in total. The van der Waals surface area contributed by atoms with Crippen molar-refractivity contribution >= 4 is 5.91 Å². The van der Waals surface area contributed by atoms with E-state index in [1.807, 2.05) is 13.8 Å². The second-order valence-electron chi connectivity index (χ2n) is 4.33. The predicted molar refractivity (Wildman–Crippen MR) is 73.1 cm³/mol. The number of hydrogen-bond acceptors (Lipinski definition) is 2. The highest BCUT2D eigenvalue weighted by Crippen LogP contribution is 2.07. The molecule has 0 aromatic carbocycles. The van der Waals surface area contributed by atoms with E-state index in [9.17, 15) is 9.59 Å². The second-order valence-corrected chi connectivity index (χ2v) is 4.33. The van der Waals surface area contributed by atoms with Gasteiger partial charge in [-0.2, -0.15) is 0 Å². The largest absolute Gasteiger partial charge is 0.352 e. The number of hydrogen-bond donors (Lipinski definition) is 2. The van der Waals surface area contributed by atoms with E-state index in [-0.39, 0.29) is 17.0 Å². The quantitative estimate of drug-likeness (QED) is 0.759. The summed E-state index contributed by atoms with van der Waals surface area (Å²) < 4.78 is 0. The average molecular weight is 250 g/mol. The summed E-state index contributed by atoms with van der Waals surface area (Å²) in [4.78, 5) is 26.5. The number of nitrogens with one attached hydrogen (secondary N) is 2. The predicted octanol–water partition coefficient (Wildman–Crippen LogP) is 2.03. The maximum absolute atomic E-state index is 11.9. The summed E-state index contributed by atoms with van der Waals surface area (Å²) in [6.07, 6.45) is 3.54. The molecule has 0 atom stereocenters. The first-order chi connectivity index (χ1) is 8.63. The summed E-state index contributed by atoms with van der Waals surface area (Å²) in [6.45, 7) is 6.69. The Bertz CT molecular complexity index is 463. The summed E-state index contributed by atoms with van der Waals surface area (Å²) >= 11 is 0. The van der Waals surface area contributed by atoms with Crippen LogP contribution in [0.15, 0.2) is 10.9 Å². The molecule has 1 rings (SSSR count). The Balaban J connectivity index is 2.95. The van der Waals surface area contributed by atoms with Crippen molar-refractivity contribution in [2.75, 3.05) is 6.54 Å². The highest BCUT2D eigenvalue weighted by Gasteiger charge is 2.12. The van der Waals surface area contributed by atoms with Crippen LogP contribution in [0.25, 0.3) is 0 Å². The number of aromatic amines is 1. The number of aryl methyl sites for hydroxylation is 2. The van der Waals surface area contributed by atoms with E-state index in [0.29, 0.717) is 6.54 Å². The maximum atomic E-state index is 11.9. The lowest BCUT2D eigenvalue weighted by Gasteiger charge is -2.09. The zero-order valence-corrected chi connectivity index (χ0v) is 11.4. The molecule has 0 aliphatic carbocycles. The molecule has 0 aliphatic rings. The standard InChI is InChI=1S/C14H22N2O2/c1-4-7-8-15-13(17)11-9-10(5-2)12(6-3)16-14(11)18/h9H,4-8H2,1-3H3,(H,15,17)(H,16,18). The summed E-state index contributed by atoms with van der Waals surface area (Å²) in [5, 5.41) is 2.77. The molecule has 1 aromatic rings. The van der Waals surface area contributed by atoms with Crippen LogP contribution in [0.2, 0.25) is 0 Å². The lowest BCUT2D eigenvalue weighted by Crippen LogP contribution is -2.31. The van der Waals surface area contributed by atoms with E-state index in [1.54, 1.807) is 6.07 Å². The molecule has 1 aromatic heterocycles. The van der Waals surface area contributed by atoms with Crippen LogP contribution >= 0.6 is 0 Å². The zero-order chi connectivity index (χ0) is 13.5. The normalized spacial score (nSPS) is 10.4. The van der Waals surface area contributed by atoms with Gasteiger partial charge in [0.15, 0.2) is 0 Å². The number of rotatable bonds is 6. The minimum absolute atomic E-state index is 0.222. The van der Waals surface area contributed by atoms with Crippen LogP contribution in [0.5, 0.6) is 0 Å². The fourth-order valence-electron chi connectivity index (χ4n) is 1.89. The van der Waals surface area contributed by atoms with Gasteiger partial charge in [-0.25, -0.2) is 0 Å². The fourth-order valence-corrected chi connectivity index (χ4v) is 1.89. The number of unbranched alkanes of at least 4 members (excludes halogenated alkanes) is 1. The van der Waals surface area contributed by atoms with Crippen LogP contribution in [0, 0.1) is 0 Å². The molecule has 4 heteroatoms. The Kier molecular flexibility index (Phi) is 5.62. The molecule has 0 saturated carbocycles. The van der Waals surface area contributed by atoms with E-state index in [4.69, 9.17) is 0 Å². The van der Waals surface area contributed by atoms with Gasteiger partial charge in [-0.15, -0.1) is 0 Å². The van der Waals surface area contributed by atoms with Gasteiger partial charge < -0.3 is 10.3 Å². The van der Waals surface area contributed by atoms with Gasteiger partial charge in [0.05, 0.1) is 0 Å². The van der Waals surface area contributed by atoms with E-state index >= 15 is 0 Å². The second kappa shape index (κ2) is 6.99. The van der Waals surface area contributed by atoms with Crippen molar-refractivity contribution in [3.8, 4) is 0 Å². The third kappa shape index (κ3) is 3.45. The van der Waals surface area contributed by atoms with Gasteiger partial charge in [0.2, 0.25) is 0 Å². The van der Waals surface area contributed by atoms with E-state index in [2.05, 4.69) is 17.2 Å². The van der Waals surface area contributed by atoms with Gasteiger partial charge in [-0.05, 0) is 30.9 Å². The van der Waals surface area contributed by atoms with Crippen LogP contribution in [-0.4, -0.2) is 17.4 Å². The molecule has 0 bridgehead atoms. The monoisotopic (exact) mass is 250 g/mol. The molecule has 0 unspecified atom stereocenters. The maximum Gasteiger partial charge on any atom is 0.261 e. The smallest absolute Gasteiger partial charge is 0.261 e. The Hall–Kier alpha value is -1.58. The van der Waals surface area contributed by atoms with Crippen molar-refractivity contribution in [2.45, 2.75) is 46.5 Å². The van der Waals surface area contributed by atoms with Gasteiger partial charge in [-0.1, -0.05) is 27.2 Å². The molecule has 1 amide bonds. The summed E-state index contributed by atoms with van der Waals surface area (Å²) in [7, 11) is 0. The SMILES string of the molecule is CCCCNC(=O)c1cc(CC)c(CC)[nH]c1=O. The highest BCUT2D eigenvalue weighted by molar-refractivity contribution is 5.94. The van der Waals surface area contributed by atoms with Crippen LogP contribution in [0.3, 0.4) is 0 Å². The number of carbonyl (C=O) groups excluding carboxylic acids is 1. The summed E-state index contributed by atoms with van der Waals surface area (Å²) in [6, 6.07) is 1.72. The lowest BCUT2D eigenvalue weighted by molar-refractivity contribution is 0.0951. The molecule has 0 radical (unpaired) electrons. The van der Waals surface area contributed by atoms with Crippen LogP contribution in [-0.2, 0) is 12.8 Å². The van der Waals surface area contributed by atoms with E-state index in [1.165, 1.54) is 0 Å². The molecule has 0 aliphatic heterocycles. The van der Waals surface area contributed by atoms with Crippen molar-refractivity contribution in [1.29, 1.82) is 0 Å². The third-order valence-electron chi connectivity index (χ3n) is 3.01. The first-order valence-corrected chi connectivity index (χ1v) is 6.67. The third-order valence-corrected chi connectivity index (χ3v) is 3.01. The van der Waals surface area contributed by atoms with Crippen molar-refractivity contribution in [3.63, 3.8) is 0 Å². The first kappa shape index (κ1) is 14.5. The molecule has 0 fully saturated rings. The Morgan fingerprint density at radius 1 is 1.28 bits per heavy atom. The molecular formula is C14H22N2O2. The molecular weight excluding hydrogens is 228 g/mol. The van der Waals surface area contributed by atoms with Crippen molar-refractivity contribution in [3.05, 3.63) is 33.2 Å². The van der Waals surface area contributed by atoms with Gasteiger partial charge >= 0.3 is 0 Å². The Morgan fingerprint density at radius 2 is 2.00 bits per heavy atom. The fraction of sp³-hybridized carbons (Fsp3) is 0.571. The van der Waals surface area contributed by atoms with Gasteiger partial charge in [-0.3, -0.25) is 9.59 Å². The topological polar surface area (TPSA) is 62.0 Å². The van der Waals surface area contributed by atoms with Crippen LogP contribution < -0.4 is 10.9 Å². The summed E-state index contributed by atoms with van der Waals surface area (Å²) in [5.41, 5.74) is 1.89. The van der Waals surface area contributed by atoms with E-state index < -0.39 is 0 Å².